The number of ether oxygens (including phenoxy) is 1. The molecule has 0 fully saturated rings. The predicted molar refractivity (Wildman–Crippen MR) is 100 cm³/mol. The highest BCUT2D eigenvalue weighted by molar-refractivity contribution is 6.45. The number of carbonyl (C=O) groups is 2. The molecule has 1 heterocycles. The number of hydrogen-bond donors (Lipinski definition) is 1. The van der Waals surface area contributed by atoms with E-state index >= 15 is 0 Å². The quantitative estimate of drug-likeness (QED) is 0.829. The summed E-state index contributed by atoms with van der Waals surface area (Å²) in [6.45, 7) is 6.39. The molecule has 5 nitrogen and oxygen atoms in total. The van der Waals surface area contributed by atoms with Crippen LogP contribution in [0.25, 0.3) is 5.57 Å². The number of imide groups is 1. The molecule has 1 aliphatic heterocycles. The third kappa shape index (κ3) is 3.08. The number of rotatable bonds is 5. The molecule has 2 aromatic rings. The van der Waals surface area contributed by atoms with E-state index in [2.05, 4.69) is 0 Å². The molecule has 3 rings (SSSR count). The summed E-state index contributed by atoms with van der Waals surface area (Å²) in [5.74, 6) is -1.08. The predicted octanol–water partition coefficient (Wildman–Crippen LogP) is 3.93. The van der Waals surface area contributed by atoms with Crippen LogP contribution < -0.4 is 9.64 Å². The van der Waals surface area contributed by atoms with E-state index in [1.807, 2.05) is 32.9 Å². The van der Waals surface area contributed by atoms with Gasteiger partial charge in [-0.3, -0.25) is 9.59 Å². The Bertz CT molecular complexity index is 897. The van der Waals surface area contributed by atoms with Crippen LogP contribution in [0.15, 0.2) is 48.2 Å². The van der Waals surface area contributed by atoms with Gasteiger partial charge in [-0.25, -0.2) is 4.90 Å². The van der Waals surface area contributed by atoms with Crippen molar-refractivity contribution < 1.29 is 19.4 Å². The molecule has 0 saturated carbocycles. The molecule has 2 amide bonds. The summed E-state index contributed by atoms with van der Waals surface area (Å²) in [6, 6.07) is 12.2. The second-order valence-electron chi connectivity index (χ2n) is 6.33. The van der Waals surface area contributed by atoms with Crippen molar-refractivity contribution in [3.8, 4) is 5.75 Å². The minimum absolute atomic E-state index is 0.0111. The van der Waals surface area contributed by atoms with Gasteiger partial charge in [0.1, 0.15) is 5.75 Å². The zero-order valence-electron chi connectivity index (χ0n) is 15.1. The van der Waals surface area contributed by atoms with Crippen LogP contribution in [0.3, 0.4) is 0 Å². The standard InChI is InChI=1S/C21H21NO4/c1-4-11-26-16-8-6-15(7-9-16)18-19(23)21(25)22(20(18)24)17-10-5-13(2)12-14(17)3/h5-10,12,23H,4,11H2,1-3H3. The maximum Gasteiger partial charge on any atom is 0.301 e. The van der Waals surface area contributed by atoms with Gasteiger partial charge >= 0.3 is 5.91 Å². The highest BCUT2D eigenvalue weighted by Crippen LogP contribution is 2.34. The second-order valence-corrected chi connectivity index (χ2v) is 6.33. The fourth-order valence-electron chi connectivity index (χ4n) is 2.99. The number of aryl methyl sites for hydroxylation is 2. The third-order valence-corrected chi connectivity index (χ3v) is 4.27. The maximum atomic E-state index is 12.9. The Kier molecular flexibility index (Phi) is 4.80. The normalized spacial score (nSPS) is 14.3. The van der Waals surface area contributed by atoms with Crippen LogP contribution in [-0.4, -0.2) is 23.5 Å². The first kappa shape index (κ1) is 17.7. The number of carbonyl (C=O) groups excluding carboxylic acids is 2. The van der Waals surface area contributed by atoms with Gasteiger partial charge in [0.15, 0.2) is 5.76 Å². The Labute approximate surface area is 152 Å². The van der Waals surface area contributed by atoms with Crippen molar-refractivity contribution in [1.29, 1.82) is 0 Å². The Morgan fingerprint density at radius 2 is 1.69 bits per heavy atom. The Morgan fingerprint density at radius 3 is 2.31 bits per heavy atom. The monoisotopic (exact) mass is 351 g/mol. The van der Waals surface area contributed by atoms with Gasteiger partial charge in [-0.05, 0) is 49.6 Å². The summed E-state index contributed by atoms with van der Waals surface area (Å²) in [5.41, 5.74) is 2.80. The smallest absolute Gasteiger partial charge is 0.301 e. The third-order valence-electron chi connectivity index (χ3n) is 4.27. The maximum absolute atomic E-state index is 12.9. The topological polar surface area (TPSA) is 66.8 Å². The summed E-state index contributed by atoms with van der Waals surface area (Å²) in [6.07, 6.45) is 0.894. The van der Waals surface area contributed by atoms with E-state index < -0.39 is 17.6 Å². The minimum Gasteiger partial charge on any atom is -0.502 e. The average Bonchev–Trinajstić information content (AvgIpc) is 2.84. The molecule has 0 aliphatic carbocycles. The van der Waals surface area contributed by atoms with Gasteiger partial charge in [-0.2, -0.15) is 0 Å². The summed E-state index contributed by atoms with van der Waals surface area (Å²) in [7, 11) is 0. The number of hydrogen-bond acceptors (Lipinski definition) is 4. The van der Waals surface area contributed by atoms with Gasteiger partial charge in [-0.1, -0.05) is 36.8 Å². The number of benzene rings is 2. The van der Waals surface area contributed by atoms with Crippen LogP contribution in [0, 0.1) is 13.8 Å². The van der Waals surface area contributed by atoms with Crippen molar-refractivity contribution in [2.24, 2.45) is 0 Å². The lowest BCUT2D eigenvalue weighted by Gasteiger charge is -2.17. The Balaban J connectivity index is 1.94. The number of nitrogens with zero attached hydrogens (tertiary/aromatic N) is 1. The fraction of sp³-hybridized carbons (Fsp3) is 0.238. The van der Waals surface area contributed by atoms with E-state index in [4.69, 9.17) is 4.74 Å². The Hall–Kier alpha value is -3.08. The molecule has 0 unspecified atom stereocenters. The zero-order chi connectivity index (χ0) is 18.8. The number of aliphatic hydroxyl groups is 1. The summed E-state index contributed by atoms with van der Waals surface area (Å²) in [4.78, 5) is 26.4. The van der Waals surface area contributed by atoms with Crippen LogP contribution in [0.1, 0.15) is 30.0 Å². The van der Waals surface area contributed by atoms with Crippen LogP contribution in [0.4, 0.5) is 5.69 Å². The minimum atomic E-state index is -0.705. The first-order valence-electron chi connectivity index (χ1n) is 8.56. The van der Waals surface area contributed by atoms with Crippen molar-refractivity contribution in [3.05, 3.63) is 64.9 Å². The van der Waals surface area contributed by atoms with Crippen molar-refractivity contribution in [3.63, 3.8) is 0 Å². The highest BCUT2D eigenvalue weighted by atomic mass is 16.5. The zero-order valence-corrected chi connectivity index (χ0v) is 15.1. The second kappa shape index (κ2) is 7.04. The molecular formula is C21H21NO4. The van der Waals surface area contributed by atoms with E-state index in [9.17, 15) is 14.7 Å². The molecule has 0 aromatic heterocycles. The molecule has 0 radical (unpaired) electrons. The van der Waals surface area contributed by atoms with E-state index in [-0.39, 0.29) is 5.57 Å². The Morgan fingerprint density at radius 1 is 1.00 bits per heavy atom. The van der Waals surface area contributed by atoms with E-state index in [0.29, 0.717) is 23.6 Å². The van der Waals surface area contributed by atoms with Gasteiger partial charge in [0.2, 0.25) is 0 Å². The lowest BCUT2D eigenvalue weighted by atomic mass is 10.1. The summed E-state index contributed by atoms with van der Waals surface area (Å²) >= 11 is 0. The molecule has 5 heteroatoms. The summed E-state index contributed by atoms with van der Waals surface area (Å²) in [5, 5.41) is 10.3. The van der Waals surface area contributed by atoms with Gasteiger partial charge in [-0.15, -0.1) is 0 Å². The first-order chi connectivity index (χ1) is 12.4. The van der Waals surface area contributed by atoms with Crippen LogP contribution in [0.2, 0.25) is 0 Å². The van der Waals surface area contributed by atoms with E-state index in [1.54, 1.807) is 30.3 Å². The van der Waals surface area contributed by atoms with Crippen LogP contribution in [-0.2, 0) is 9.59 Å². The van der Waals surface area contributed by atoms with Gasteiger partial charge in [0, 0.05) is 0 Å². The average molecular weight is 351 g/mol. The van der Waals surface area contributed by atoms with Crippen LogP contribution >= 0.6 is 0 Å². The van der Waals surface area contributed by atoms with Gasteiger partial charge in [0.25, 0.3) is 5.91 Å². The van der Waals surface area contributed by atoms with Crippen LogP contribution in [0.5, 0.6) is 5.75 Å². The largest absolute Gasteiger partial charge is 0.502 e. The summed E-state index contributed by atoms with van der Waals surface area (Å²) < 4.78 is 5.52. The molecule has 1 N–H and O–H groups in total. The molecular weight excluding hydrogens is 330 g/mol. The molecule has 2 aromatic carbocycles. The number of amides is 2. The van der Waals surface area contributed by atoms with Crippen molar-refractivity contribution in [1.82, 2.24) is 0 Å². The fourth-order valence-corrected chi connectivity index (χ4v) is 2.99. The lowest BCUT2D eigenvalue weighted by molar-refractivity contribution is -0.121. The van der Waals surface area contributed by atoms with Crippen molar-refractivity contribution >= 4 is 23.1 Å². The molecule has 0 saturated heterocycles. The SMILES string of the molecule is CCCOc1ccc(C2=C(O)C(=O)N(c3ccc(C)cc3C)C2=O)cc1. The van der Waals surface area contributed by atoms with Crippen molar-refractivity contribution in [2.45, 2.75) is 27.2 Å². The van der Waals surface area contributed by atoms with E-state index in [1.165, 1.54) is 0 Å². The van der Waals surface area contributed by atoms with Gasteiger partial charge in [0.05, 0.1) is 17.9 Å². The van der Waals surface area contributed by atoms with Gasteiger partial charge < -0.3 is 9.84 Å². The molecule has 0 spiro atoms. The molecule has 1 aliphatic rings. The van der Waals surface area contributed by atoms with E-state index in [0.717, 1.165) is 22.4 Å². The molecule has 26 heavy (non-hydrogen) atoms. The molecule has 134 valence electrons. The lowest BCUT2D eigenvalue weighted by Crippen LogP contribution is -2.32. The highest BCUT2D eigenvalue weighted by Gasteiger charge is 2.40. The number of anilines is 1. The molecule has 0 bridgehead atoms. The van der Waals surface area contributed by atoms with Crippen molar-refractivity contribution in [2.75, 3.05) is 11.5 Å². The first-order valence-corrected chi connectivity index (χ1v) is 8.56. The number of aliphatic hydroxyl groups excluding tert-OH is 1. The molecule has 0 atom stereocenters.